The summed E-state index contributed by atoms with van der Waals surface area (Å²) < 4.78 is 0. The maximum absolute atomic E-state index is 4.66. The fourth-order valence-corrected chi connectivity index (χ4v) is 3.58. The number of rotatable bonds is 7. The van der Waals surface area contributed by atoms with E-state index in [0.29, 0.717) is 12.6 Å². The summed E-state index contributed by atoms with van der Waals surface area (Å²) in [5.41, 5.74) is 1.06. The number of aromatic nitrogens is 1. The monoisotopic (exact) mass is 323 g/mol. The topological polar surface area (TPSA) is 52.6 Å². The van der Waals surface area contributed by atoms with Gasteiger partial charge in [0.25, 0.3) is 0 Å². The highest BCUT2D eigenvalue weighted by molar-refractivity contribution is 7.09. The molecule has 0 aromatic carbocycles. The van der Waals surface area contributed by atoms with Crippen LogP contribution >= 0.6 is 11.3 Å². The Hall–Kier alpha value is -1.14. The second-order valence-electron chi connectivity index (χ2n) is 5.59. The molecule has 2 rings (SSSR count). The number of guanidine groups is 1. The van der Waals surface area contributed by atoms with Gasteiger partial charge in [0.2, 0.25) is 0 Å². The third-order valence-corrected chi connectivity index (χ3v) is 5.10. The summed E-state index contributed by atoms with van der Waals surface area (Å²) in [5, 5.41) is 10.1. The van der Waals surface area contributed by atoms with Crippen LogP contribution < -0.4 is 10.6 Å². The first kappa shape index (κ1) is 17.2. The van der Waals surface area contributed by atoms with Gasteiger partial charge < -0.3 is 10.6 Å². The average Bonchev–Trinajstić information content (AvgIpc) is 3.18. The number of likely N-dealkylation sites (N-methyl/N-ethyl adjacent to an activating group) is 1. The maximum Gasteiger partial charge on any atom is 0.191 e. The Bertz CT molecular complexity index is 471. The number of aryl methyl sites for hydroxylation is 1. The molecule has 2 N–H and O–H groups in total. The second kappa shape index (κ2) is 9.10. The lowest BCUT2D eigenvalue weighted by Crippen LogP contribution is -2.44. The molecule has 1 aliphatic rings. The predicted molar refractivity (Wildman–Crippen MR) is 94.6 cm³/mol. The molecule has 0 radical (unpaired) electrons. The summed E-state index contributed by atoms with van der Waals surface area (Å²) in [6.07, 6.45) is 3.60. The van der Waals surface area contributed by atoms with Crippen LogP contribution in [0.5, 0.6) is 0 Å². The molecule has 0 aliphatic carbocycles. The second-order valence-corrected chi connectivity index (χ2v) is 6.53. The van der Waals surface area contributed by atoms with Gasteiger partial charge in [0.1, 0.15) is 0 Å². The van der Waals surface area contributed by atoms with Crippen molar-refractivity contribution in [1.29, 1.82) is 0 Å². The van der Waals surface area contributed by atoms with Crippen LogP contribution in [0.15, 0.2) is 10.4 Å². The van der Waals surface area contributed by atoms with Crippen LogP contribution in [-0.2, 0) is 13.0 Å². The molecule has 1 fully saturated rings. The molecule has 2 heterocycles. The molecule has 1 atom stereocenters. The summed E-state index contributed by atoms with van der Waals surface area (Å²) >= 11 is 1.72. The molecule has 1 saturated heterocycles. The van der Waals surface area contributed by atoms with Gasteiger partial charge in [-0.3, -0.25) is 4.90 Å². The standard InChI is InChI=1S/C16H29N5S/c1-4-15-20-13(12-22-15)10-18-16(17-5-2)19-11-14-8-7-9-21(14)6-3/h12,14H,4-11H2,1-3H3,(H2,17,18,19). The molecule has 0 bridgehead atoms. The molecular weight excluding hydrogens is 294 g/mol. The van der Waals surface area contributed by atoms with E-state index in [9.17, 15) is 0 Å². The van der Waals surface area contributed by atoms with Crippen molar-refractivity contribution in [2.75, 3.05) is 26.2 Å². The SMILES string of the molecule is CCNC(=NCc1csc(CC)n1)NCC1CCCN1CC. The molecule has 5 nitrogen and oxygen atoms in total. The van der Waals surface area contributed by atoms with Crippen LogP contribution in [0.1, 0.15) is 44.3 Å². The first-order valence-electron chi connectivity index (χ1n) is 8.46. The highest BCUT2D eigenvalue weighted by Gasteiger charge is 2.22. The molecule has 1 aromatic rings. The van der Waals surface area contributed by atoms with E-state index in [4.69, 9.17) is 0 Å². The maximum atomic E-state index is 4.66. The first-order valence-corrected chi connectivity index (χ1v) is 9.34. The zero-order chi connectivity index (χ0) is 15.8. The predicted octanol–water partition coefficient (Wildman–Crippen LogP) is 2.24. The fraction of sp³-hybridized carbons (Fsp3) is 0.750. The van der Waals surface area contributed by atoms with Crippen LogP contribution in [0.4, 0.5) is 0 Å². The van der Waals surface area contributed by atoms with E-state index < -0.39 is 0 Å². The zero-order valence-electron chi connectivity index (χ0n) is 14.1. The molecule has 22 heavy (non-hydrogen) atoms. The zero-order valence-corrected chi connectivity index (χ0v) is 14.9. The minimum atomic E-state index is 0.639. The van der Waals surface area contributed by atoms with E-state index in [2.05, 4.69) is 51.7 Å². The van der Waals surface area contributed by atoms with Gasteiger partial charge in [-0.25, -0.2) is 9.98 Å². The number of hydrogen-bond donors (Lipinski definition) is 2. The van der Waals surface area contributed by atoms with Crippen molar-refractivity contribution < 1.29 is 0 Å². The Labute approximate surface area is 138 Å². The van der Waals surface area contributed by atoms with E-state index in [1.54, 1.807) is 11.3 Å². The van der Waals surface area contributed by atoms with Gasteiger partial charge in [-0.1, -0.05) is 13.8 Å². The molecule has 124 valence electrons. The summed E-state index contributed by atoms with van der Waals surface area (Å²) in [4.78, 5) is 11.8. The van der Waals surface area contributed by atoms with Gasteiger partial charge in [0, 0.05) is 24.5 Å². The van der Waals surface area contributed by atoms with E-state index in [-0.39, 0.29) is 0 Å². The largest absolute Gasteiger partial charge is 0.357 e. The van der Waals surface area contributed by atoms with E-state index >= 15 is 0 Å². The minimum absolute atomic E-state index is 0.639. The fourth-order valence-electron chi connectivity index (χ4n) is 2.84. The quantitative estimate of drug-likeness (QED) is 0.597. The summed E-state index contributed by atoms with van der Waals surface area (Å²) in [7, 11) is 0. The van der Waals surface area contributed by atoms with Gasteiger partial charge >= 0.3 is 0 Å². The Balaban J connectivity index is 1.86. The molecule has 0 saturated carbocycles. The van der Waals surface area contributed by atoms with Crippen LogP contribution in [0.25, 0.3) is 0 Å². The Morgan fingerprint density at radius 1 is 1.41 bits per heavy atom. The Morgan fingerprint density at radius 3 is 2.95 bits per heavy atom. The minimum Gasteiger partial charge on any atom is -0.357 e. The van der Waals surface area contributed by atoms with E-state index in [1.807, 2.05) is 0 Å². The molecule has 1 aliphatic heterocycles. The number of hydrogen-bond acceptors (Lipinski definition) is 4. The van der Waals surface area contributed by atoms with Crippen molar-refractivity contribution in [2.24, 2.45) is 4.99 Å². The van der Waals surface area contributed by atoms with Crippen molar-refractivity contribution in [1.82, 2.24) is 20.5 Å². The molecule has 6 heteroatoms. The number of likely N-dealkylation sites (tertiary alicyclic amines) is 1. The van der Waals surface area contributed by atoms with Crippen molar-refractivity contribution >= 4 is 17.3 Å². The normalized spacial score (nSPS) is 19.6. The Kier molecular flexibility index (Phi) is 7.12. The molecular formula is C16H29N5S. The smallest absolute Gasteiger partial charge is 0.191 e. The molecule has 1 aromatic heterocycles. The lowest BCUT2D eigenvalue weighted by Gasteiger charge is -2.23. The van der Waals surface area contributed by atoms with Gasteiger partial charge in [-0.15, -0.1) is 11.3 Å². The highest BCUT2D eigenvalue weighted by Crippen LogP contribution is 2.15. The Morgan fingerprint density at radius 2 is 2.27 bits per heavy atom. The van der Waals surface area contributed by atoms with Crippen molar-refractivity contribution in [3.8, 4) is 0 Å². The summed E-state index contributed by atoms with van der Waals surface area (Å²) in [6.45, 7) is 11.3. The lowest BCUT2D eigenvalue weighted by atomic mass is 10.2. The van der Waals surface area contributed by atoms with Crippen LogP contribution in [0.2, 0.25) is 0 Å². The van der Waals surface area contributed by atoms with E-state index in [0.717, 1.165) is 37.7 Å². The number of nitrogens with zero attached hydrogens (tertiary/aromatic N) is 3. The van der Waals surface area contributed by atoms with Gasteiger partial charge in [-0.2, -0.15) is 0 Å². The number of thiazole rings is 1. The van der Waals surface area contributed by atoms with Gasteiger partial charge in [0.15, 0.2) is 5.96 Å². The molecule has 1 unspecified atom stereocenters. The highest BCUT2D eigenvalue weighted by atomic mass is 32.1. The van der Waals surface area contributed by atoms with Crippen LogP contribution in [0.3, 0.4) is 0 Å². The van der Waals surface area contributed by atoms with Crippen LogP contribution in [0, 0.1) is 0 Å². The third-order valence-electron chi connectivity index (χ3n) is 4.06. The molecule has 0 amide bonds. The first-order chi connectivity index (χ1) is 10.8. The van der Waals surface area contributed by atoms with E-state index in [1.165, 1.54) is 24.4 Å². The average molecular weight is 324 g/mol. The van der Waals surface area contributed by atoms with Gasteiger partial charge in [0.05, 0.1) is 17.2 Å². The van der Waals surface area contributed by atoms with Crippen LogP contribution in [-0.4, -0.2) is 48.1 Å². The summed E-state index contributed by atoms with van der Waals surface area (Å²) in [5.74, 6) is 0.900. The lowest BCUT2D eigenvalue weighted by molar-refractivity contribution is 0.267. The van der Waals surface area contributed by atoms with Crippen molar-refractivity contribution in [3.63, 3.8) is 0 Å². The number of nitrogens with one attached hydrogen (secondary N) is 2. The third kappa shape index (κ3) is 4.95. The number of aliphatic imine (C=N–C) groups is 1. The summed E-state index contributed by atoms with van der Waals surface area (Å²) in [6, 6.07) is 0.639. The van der Waals surface area contributed by atoms with Crippen molar-refractivity contribution in [3.05, 3.63) is 16.1 Å². The molecule has 0 spiro atoms. The van der Waals surface area contributed by atoms with Gasteiger partial charge in [-0.05, 0) is 39.3 Å². The van der Waals surface area contributed by atoms with Crippen molar-refractivity contribution in [2.45, 2.75) is 52.6 Å².